The van der Waals surface area contributed by atoms with Crippen LogP contribution in [0.15, 0.2) is 42.5 Å². The first-order valence-corrected chi connectivity index (χ1v) is 11.5. The molecule has 4 rings (SSSR count). The van der Waals surface area contributed by atoms with E-state index in [1.165, 1.54) is 0 Å². The first kappa shape index (κ1) is 23.4. The first-order valence-electron chi connectivity index (χ1n) is 11.5. The predicted molar refractivity (Wildman–Crippen MR) is 133 cm³/mol. The number of hydrogen-bond donors (Lipinski definition) is 1. The van der Waals surface area contributed by atoms with E-state index >= 15 is 0 Å². The van der Waals surface area contributed by atoms with Crippen LogP contribution < -0.4 is 19.5 Å². The standard InChI is InChI=1S/C26H31N5O3/c1-6-10-23-28-17(3)24-26(27-16-18-13-14-19(32-4)15-22(18)33-5)29-25(30-31(23)24)20-11-8-9-12-21(20)34-7-2/h8-9,11-15H,6-7,10,16H2,1-5H3,(H,27,29,30). The number of methoxy groups -OCH3 is 2. The minimum atomic E-state index is 0.514. The summed E-state index contributed by atoms with van der Waals surface area (Å²) in [5.41, 5.74) is 3.58. The second-order valence-corrected chi connectivity index (χ2v) is 7.87. The monoisotopic (exact) mass is 461 g/mol. The number of benzene rings is 2. The molecule has 1 N–H and O–H groups in total. The van der Waals surface area contributed by atoms with Crippen LogP contribution in [0.2, 0.25) is 0 Å². The molecule has 0 amide bonds. The quantitative estimate of drug-likeness (QED) is 0.353. The van der Waals surface area contributed by atoms with E-state index in [1.54, 1.807) is 14.2 Å². The number of hydrogen-bond acceptors (Lipinski definition) is 7. The van der Waals surface area contributed by atoms with Gasteiger partial charge in [0.25, 0.3) is 0 Å². The normalized spacial score (nSPS) is 11.0. The topological polar surface area (TPSA) is 82.8 Å². The van der Waals surface area contributed by atoms with E-state index in [2.05, 4.69) is 12.2 Å². The maximum absolute atomic E-state index is 5.85. The fourth-order valence-corrected chi connectivity index (χ4v) is 3.96. The van der Waals surface area contributed by atoms with Gasteiger partial charge in [-0.15, -0.1) is 5.10 Å². The summed E-state index contributed by atoms with van der Waals surface area (Å²) >= 11 is 0. The highest BCUT2D eigenvalue weighted by atomic mass is 16.5. The molecule has 2 heterocycles. The first-order chi connectivity index (χ1) is 16.6. The number of rotatable bonds is 10. The van der Waals surface area contributed by atoms with Crippen LogP contribution in [0.1, 0.15) is 37.4 Å². The third-order valence-corrected chi connectivity index (χ3v) is 5.57. The highest BCUT2D eigenvalue weighted by Crippen LogP contribution is 2.31. The van der Waals surface area contributed by atoms with Gasteiger partial charge >= 0.3 is 0 Å². The number of imidazole rings is 1. The summed E-state index contributed by atoms with van der Waals surface area (Å²) in [6.45, 7) is 7.17. The van der Waals surface area contributed by atoms with E-state index in [0.717, 1.165) is 58.3 Å². The molecule has 0 spiro atoms. The molecule has 0 aliphatic heterocycles. The molecular formula is C26H31N5O3. The van der Waals surface area contributed by atoms with Crippen molar-refractivity contribution in [2.45, 2.75) is 40.2 Å². The summed E-state index contributed by atoms with van der Waals surface area (Å²) < 4.78 is 18.7. The zero-order valence-electron chi connectivity index (χ0n) is 20.4. The van der Waals surface area contributed by atoms with E-state index in [9.17, 15) is 0 Å². The second-order valence-electron chi connectivity index (χ2n) is 7.87. The van der Waals surface area contributed by atoms with Crippen LogP contribution in [-0.4, -0.2) is 40.4 Å². The molecule has 0 aliphatic carbocycles. The van der Waals surface area contributed by atoms with Crippen molar-refractivity contribution < 1.29 is 14.2 Å². The Hall–Kier alpha value is -3.81. The molecule has 0 saturated carbocycles. The minimum absolute atomic E-state index is 0.514. The van der Waals surface area contributed by atoms with Gasteiger partial charge in [0.2, 0.25) is 0 Å². The summed E-state index contributed by atoms with van der Waals surface area (Å²) in [5.74, 6) is 4.45. The molecule has 0 saturated heterocycles. The molecule has 4 aromatic rings. The lowest BCUT2D eigenvalue weighted by Crippen LogP contribution is -2.10. The van der Waals surface area contributed by atoms with Gasteiger partial charge in [0, 0.05) is 24.6 Å². The average molecular weight is 462 g/mol. The number of nitrogens with zero attached hydrogens (tertiary/aromatic N) is 4. The molecule has 8 nitrogen and oxygen atoms in total. The van der Waals surface area contributed by atoms with Crippen LogP contribution in [-0.2, 0) is 13.0 Å². The predicted octanol–water partition coefficient (Wildman–Crippen LogP) is 5.08. The molecule has 2 aromatic heterocycles. The number of nitrogens with one attached hydrogen (secondary N) is 1. The van der Waals surface area contributed by atoms with Crippen molar-refractivity contribution in [1.82, 2.24) is 19.6 Å². The lowest BCUT2D eigenvalue weighted by atomic mass is 10.2. The Morgan fingerprint density at radius 3 is 2.53 bits per heavy atom. The van der Waals surface area contributed by atoms with E-state index in [4.69, 9.17) is 29.3 Å². The zero-order valence-corrected chi connectivity index (χ0v) is 20.4. The molecular weight excluding hydrogens is 430 g/mol. The van der Waals surface area contributed by atoms with E-state index in [-0.39, 0.29) is 0 Å². The van der Waals surface area contributed by atoms with Crippen LogP contribution in [0.25, 0.3) is 16.9 Å². The summed E-state index contributed by atoms with van der Waals surface area (Å²) in [7, 11) is 3.30. The Bertz CT molecular complexity index is 1290. The minimum Gasteiger partial charge on any atom is -0.497 e. The van der Waals surface area contributed by atoms with Crippen molar-refractivity contribution in [1.29, 1.82) is 0 Å². The Morgan fingerprint density at radius 2 is 1.79 bits per heavy atom. The third kappa shape index (κ3) is 4.62. The molecule has 0 atom stereocenters. The van der Waals surface area contributed by atoms with Gasteiger partial charge in [-0.05, 0) is 44.5 Å². The number of fused-ring (bicyclic) bond motifs is 1. The molecule has 0 unspecified atom stereocenters. The van der Waals surface area contributed by atoms with Gasteiger partial charge in [0.15, 0.2) is 11.6 Å². The second kappa shape index (κ2) is 10.4. The molecule has 0 bridgehead atoms. The lowest BCUT2D eigenvalue weighted by Gasteiger charge is -2.14. The SMILES string of the molecule is CCCc1nc(C)c2c(NCc3ccc(OC)cc3OC)nc(-c3ccccc3OCC)nn12. The van der Waals surface area contributed by atoms with Crippen molar-refractivity contribution in [3.63, 3.8) is 0 Å². The molecule has 178 valence electrons. The van der Waals surface area contributed by atoms with Crippen LogP contribution in [0.3, 0.4) is 0 Å². The molecule has 8 heteroatoms. The maximum atomic E-state index is 5.85. The summed E-state index contributed by atoms with van der Waals surface area (Å²) in [4.78, 5) is 9.72. The van der Waals surface area contributed by atoms with Gasteiger partial charge in [-0.3, -0.25) is 0 Å². The van der Waals surface area contributed by atoms with Crippen molar-refractivity contribution >= 4 is 11.3 Å². The van der Waals surface area contributed by atoms with Gasteiger partial charge in [-0.1, -0.05) is 19.1 Å². The summed E-state index contributed by atoms with van der Waals surface area (Å²) in [5, 5.41) is 8.38. The van der Waals surface area contributed by atoms with Crippen molar-refractivity contribution in [2.75, 3.05) is 26.1 Å². The van der Waals surface area contributed by atoms with E-state index < -0.39 is 0 Å². The third-order valence-electron chi connectivity index (χ3n) is 5.57. The molecule has 0 fully saturated rings. The highest BCUT2D eigenvalue weighted by molar-refractivity contribution is 5.74. The van der Waals surface area contributed by atoms with Gasteiger partial charge in [0.05, 0.1) is 32.1 Å². The van der Waals surface area contributed by atoms with Crippen LogP contribution in [0, 0.1) is 6.92 Å². The number of aryl methyl sites for hydroxylation is 2. The number of anilines is 1. The Labute approximate surface area is 199 Å². The van der Waals surface area contributed by atoms with Gasteiger partial charge < -0.3 is 19.5 Å². The Kier molecular flexibility index (Phi) is 7.15. The lowest BCUT2D eigenvalue weighted by molar-refractivity contribution is 0.341. The summed E-state index contributed by atoms with van der Waals surface area (Å²) in [6.07, 6.45) is 1.80. The summed E-state index contributed by atoms with van der Waals surface area (Å²) in [6, 6.07) is 13.6. The smallest absolute Gasteiger partial charge is 0.185 e. The van der Waals surface area contributed by atoms with Crippen molar-refractivity contribution in [3.8, 4) is 28.6 Å². The number of ether oxygens (including phenoxy) is 3. The fourth-order valence-electron chi connectivity index (χ4n) is 3.96. The number of aromatic nitrogens is 4. The Morgan fingerprint density at radius 1 is 0.971 bits per heavy atom. The zero-order chi connectivity index (χ0) is 24.1. The van der Waals surface area contributed by atoms with Crippen LogP contribution >= 0.6 is 0 Å². The molecule has 2 aromatic carbocycles. The fraction of sp³-hybridized carbons (Fsp3) is 0.346. The number of para-hydroxylation sites is 1. The molecule has 0 radical (unpaired) electrons. The van der Waals surface area contributed by atoms with Gasteiger partial charge in [0.1, 0.15) is 28.6 Å². The van der Waals surface area contributed by atoms with Crippen LogP contribution in [0.4, 0.5) is 5.82 Å². The molecule has 0 aliphatic rings. The van der Waals surface area contributed by atoms with Crippen LogP contribution in [0.5, 0.6) is 17.2 Å². The van der Waals surface area contributed by atoms with Gasteiger partial charge in [-0.25, -0.2) is 14.5 Å². The van der Waals surface area contributed by atoms with E-state index in [1.807, 2.05) is 60.8 Å². The molecule has 34 heavy (non-hydrogen) atoms. The largest absolute Gasteiger partial charge is 0.497 e. The van der Waals surface area contributed by atoms with Crippen molar-refractivity contribution in [2.24, 2.45) is 0 Å². The van der Waals surface area contributed by atoms with Gasteiger partial charge in [-0.2, -0.15) is 0 Å². The highest BCUT2D eigenvalue weighted by Gasteiger charge is 2.19. The average Bonchev–Trinajstić information content (AvgIpc) is 3.18. The van der Waals surface area contributed by atoms with E-state index in [0.29, 0.717) is 24.8 Å². The van der Waals surface area contributed by atoms with Crippen molar-refractivity contribution in [3.05, 3.63) is 59.5 Å². The maximum Gasteiger partial charge on any atom is 0.185 e. The Balaban J connectivity index is 1.81.